The summed E-state index contributed by atoms with van der Waals surface area (Å²) >= 11 is 0. The normalized spacial score (nSPS) is 11.1. The van der Waals surface area contributed by atoms with Crippen LogP contribution in [0.2, 0.25) is 0 Å². The third-order valence-electron chi connectivity index (χ3n) is 4.78. The summed E-state index contributed by atoms with van der Waals surface area (Å²) in [4.78, 5) is 20.6. The molecule has 32 heavy (non-hydrogen) atoms. The molecule has 0 aliphatic carbocycles. The maximum Gasteiger partial charge on any atom is 0.335 e. The Balaban J connectivity index is 1.70. The van der Waals surface area contributed by atoms with E-state index in [0.717, 1.165) is 57.3 Å². The van der Waals surface area contributed by atoms with Crippen molar-refractivity contribution in [3.8, 4) is 22.9 Å². The number of benzene rings is 1. The lowest BCUT2D eigenvalue weighted by molar-refractivity contribution is -0.129. The average molecular weight is 441 g/mol. The van der Waals surface area contributed by atoms with Crippen LogP contribution in [0.1, 0.15) is 65.2 Å². The van der Waals surface area contributed by atoms with Crippen LogP contribution in [0, 0.1) is 0 Å². The molecule has 0 saturated heterocycles. The van der Waals surface area contributed by atoms with E-state index in [9.17, 15) is 4.79 Å². The molecule has 0 bridgehead atoms. The van der Waals surface area contributed by atoms with Gasteiger partial charge in [-0.2, -0.15) is 0 Å². The van der Waals surface area contributed by atoms with Gasteiger partial charge >= 0.3 is 5.97 Å². The molecule has 0 fully saturated rings. The van der Waals surface area contributed by atoms with E-state index >= 15 is 0 Å². The second-order valence-electron chi connectivity index (χ2n) is 7.61. The zero-order chi connectivity index (χ0) is 22.9. The molecular weight excluding hydrogens is 404 g/mol. The van der Waals surface area contributed by atoms with Crippen LogP contribution in [0.3, 0.4) is 0 Å². The topological polar surface area (TPSA) is 70.5 Å². The van der Waals surface area contributed by atoms with E-state index in [4.69, 9.17) is 14.2 Å². The molecule has 0 aliphatic heterocycles. The second-order valence-corrected chi connectivity index (χ2v) is 7.61. The number of hydrogen-bond acceptors (Lipinski definition) is 6. The number of rotatable bonds is 16. The highest BCUT2D eigenvalue weighted by molar-refractivity contribution is 5.84. The van der Waals surface area contributed by atoms with Gasteiger partial charge in [0.1, 0.15) is 5.75 Å². The van der Waals surface area contributed by atoms with Crippen LogP contribution in [0.15, 0.2) is 48.8 Å². The number of esters is 1. The molecule has 174 valence electrons. The Morgan fingerprint density at radius 3 is 2.19 bits per heavy atom. The van der Waals surface area contributed by atoms with E-state index in [0.29, 0.717) is 23.9 Å². The van der Waals surface area contributed by atoms with Crippen molar-refractivity contribution in [2.45, 2.75) is 65.2 Å². The van der Waals surface area contributed by atoms with Gasteiger partial charge in [-0.1, -0.05) is 45.6 Å². The fourth-order valence-electron chi connectivity index (χ4n) is 2.92. The maximum atomic E-state index is 11.8. The lowest BCUT2D eigenvalue weighted by Crippen LogP contribution is -2.03. The van der Waals surface area contributed by atoms with Gasteiger partial charge in [-0.3, -0.25) is 0 Å². The van der Waals surface area contributed by atoms with E-state index in [1.54, 1.807) is 24.5 Å². The largest absolute Gasteiger partial charge is 0.490 e. The number of unbranched alkanes of at least 4 members (excludes halogenated alkanes) is 5. The number of carbonyl (C=O) groups is 1. The molecule has 0 amide bonds. The van der Waals surface area contributed by atoms with Gasteiger partial charge in [0.05, 0.1) is 19.0 Å². The van der Waals surface area contributed by atoms with E-state index in [1.807, 2.05) is 18.2 Å². The predicted octanol–water partition coefficient (Wildman–Crippen LogP) is 6.16. The minimum atomic E-state index is -0.366. The molecule has 6 heteroatoms. The summed E-state index contributed by atoms with van der Waals surface area (Å²) < 4.78 is 16.6. The van der Waals surface area contributed by atoms with Crippen molar-refractivity contribution in [2.24, 2.45) is 0 Å². The van der Waals surface area contributed by atoms with Crippen molar-refractivity contribution in [1.29, 1.82) is 0 Å². The van der Waals surface area contributed by atoms with Crippen LogP contribution < -0.4 is 9.47 Å². The van der Waals surface area contributed by atoms with Crippen LogP contribution in [0.25, 0.3) is 11.4 Å². The molecule has 1 aromatic heterocycles. The molecule has 6 nitrogen and oxygen atoms in total. The third-order valence-corrected chi connectivity index (χ3v) is 4.78. The van der Waals surface area contributed by atoms with Gasteiger partial charge in [0, 0.05) is 24.9 Å². The van der Waals surface area contributed by atoms with Gasteiger partial charge in [-0.05, 0) is 49.9 Å². The quantitative estimate of drug-likeness (QED) is 0.135. The molecule has 0 saturated carbocycles. The summed E-state index contributed by atoms with van der Waals surface area (Å²) in [7, 11) is 0. The van der Waals surface area contributed by atoms with Gasteiger partial charge < -0.3 is 14.2 Å². The van der Waals surface area contributed by atoms with Gasteiger partial charge in [0.25, 0.3) is 0 Å². The smallest absolute Gasteiger partial charge is 0.335 e. The number of carbonyl (C=O) groups excluding carboxylic acids is 1. The highest BCUT2D eigenvalue weighted by Gasteiger charge is 2.05. The molecule has 2 rings (SSSR count). The summed E-state index contributed by atoms with van der Waals surface area (Å²) in [5.74, 6) is 1.37. The Labute approximate surface area is 192 Å². The Hall–Kier alpha value is -2.73. The minimum Gasteiger partial charge on any atom is -0.490 e. The first-order valence-electron chi connectivity index (χ1n) is 11.7. The first kappa shape index (κ1) is 25.5. The highest BCUT2D eigenvalue weighted by atomic mass is 16.5. The van der Waals surface area contributed by atoms with E-state index in [-0.39, 0.29) is 5.97 Å². The summed E-state index contributed by atoms with van der Waals surface area (Å²) in [5.41, 5.74) is 0.843. The van der Waals surface area contributed by atoms with Crippen LogP contribution in [0.4, 0.5) is 0 Å². The number of hydrogen-bond donors (Lipinski definition) is 0. The summed E-state index contributed by atoms with van der Waals surface area (Å²) in [6.45, 7) is 6.56. The highest BCUT2D eigenvalue weighted by Crippen LogP contribution is 2.20. The van der Waals surface area contributed by atoms with Crippen LogP contribution in [-0.4, -0.2) is 35.8 Å². The summed E-state index contributed by atoms with van der Waals surface area (Å²) in [5, 5.41) is 0. The Morgan fingerprint density at radius 1 is 0.844 bits per heavy atom. The molecule has 0 radical (unpaired) electrons. The van der Waals surface area contributed by atoms with Crippen LogP contribution in [-0.2, 0) is 9.53 Å². The molecule has 2 aromatic rings. The van der Waals surface area contributed by atoms with Crippen molar-refractivity contribution < 1.29 is 19.0 Å². The standard InChI is InChI=1S/C26H36N2O4/c1-3-5-7-8-12-25(29)32-23-15-13-22(14-16-23)26-27-20-24(21-28-26)31-19-11-10-18-30-17-9-6-4-2/h8,12-16,20-21H,3-7,9-11,17-19H2,1-2H3/b12-8+. The van der Waals surface area contributed by atoms with Crippen molar-refractivity contribution in [2.75, 3.05) is 19.8 Å². The fraction of sp³-hybridized carbons (Fsp3) is 0.500. The van der Waals surface area contributed by atoms with Crippen molar-refractivity contribution in [3.63, 3.8) is 0 Å². The molecule has 0 N–H and O–H groups in total. The Morgan fingerprint density at radius 2 is 1.50 bits per heavy atom. The SMILES string of the molecule is CCCC/C=C/C(=O)Oc1ccc(-c2ncc(OCCCCOCCCCC)cn2)cc1. The first-order chi connectivity index (χ1) is 15.7. The first-order valence-corrected chi connectivity index (χ1v) is 11.7. The van der Waals surface area contributed by atoms with Gasteiger partial charge in [0.2, 0.25) is 0 Å². The molecular formula is C26H36N2O4. The average Bonchev–Trinajstić information content (AvgIpc) is 2.82. The Bertz CT molecular complexity index is 788. The number of nitrogens with zero attached hydrogens (tertiary/aromatic N) is 2. The Kier molecular flexibility index (Phi) is 12.7. The molecule has 0 aliphatic rings. The number of allylic oxidation sites excluding steroid dienone is 1. The second kappa shape index (κ2) is 16.0. The molecule has 0 atom stereocenters. The zero-order valence-electron chi connectivity index (χ0n) is 19.4. The van der Waals surface area contributed by atoms with Crippen molar-refractivity contribution in [1.82, 2.24) is 9.97 Å². The predicted molar refractivity (Wildman–Crippen MR) is 127 cm³/mol. The molecule has 1 heterocycles. The van der Waals surface area contributed by atoms with Gasteiger partial charge in [0.15, 0.2) is 11.6 Å². The molecule has 0 spiro atoms. The lowest BCUT2D eigenvalue weighted by atomic mass is 10.2. The summed E-state index contributed by atoms with van der Waals surface area (Å²) in [6, 6.07) is 7.15. The molecule has 0 unspecified atom stereocenters. The molecule has 1 aromatic carbocycles. The monoisotopic (exact) mass is 440 g/mol. The van der Waals surface area contributed by atoms with Crippen LogP contribution >= 0.6 is 0 Å². The number of ether oxygens (including phenoxy) is 3. The number of aromatic nitrogens is 2. The van der Waals surface area contributed by atoms with Crippen molar-refractivity contribution >= 4 is 5.97 Å². The van der Waals surface area contributed by atoms with E-state index in [2.05, 4.69) is 23.8 Å². The van der Waals surface area contributed by atoms with Crippen molar-refractivity contribution in [3.05, 3.63) is 48.8 Å². The van der Waals surface area contributed by atoms with Gasteiger partial charge in [-0.15, -0.1) is 0 Å². The third kappa shape index (κ3) is 10.5. The fourth-order valence-corrected chi connectivity index (χ4v) is 2.92. The zero-order valence-corrected chi connectivity index (χ0v) is 19.4. The lowest BCUT2D eigenvalue weighted by Gasteiger charge is -2.07. The maximum absolute atomic E-state index is 11.8. The minimum absolute atomic E-state index is 0.366. The van der Waals surface area contributed by atoms with E-state index in [1.165, 1.54) is 18.9 Å². The summed E-state index contributed by atoms with van der Waals surface area (Å²) in [6.07, 6.45) is 15.2. The van der Waals surface area contributed by atoms with Gasteiger partial charge in [-0.25, -0.2) is 14.8 Å². The van der Waals surface area contributed by atoms with E-state index < -0.39 is 0 Å². The van der Waals surface area contributed by atoms with Crippen LogP contribution in [0.5, 0.6) is 11.5 Å².